The number of carboxylic acid groups (broad SMARTS) is 1. The van der Waals surface area contributed by atoms with Gasteiger partial charge < -0.3 is 16.2 Å². The number of hydrogen-bond donors (Lipinski definition) is 3. The second-order valence-corrected chi connectivity index (χ2v) is 4.14. The van der Waals surface area contributed by atoms with E-state index in [0.29, 0.717) is 25.2 Å². The summed E-state index contributed by atoms with van der Waals surface area (Å²) in [4.78, 5) is 11.1. The van der Waals surface area contributed by atoms with Crippen LogP contribution in [-0.2, 0) is 6.54 Å². The van der Waals surface area contributed by atoms with Gasteiger partial charge in [-0.2, -0.15) is 0 Å². The van der Waals surface area contributed by atoms with Crippen molar-refractivity contribution in [3.05, 3.63) is 35.9 Å². The minimum atomic E-state index is -1.26. The number of carboxylic acids is 1. The van der Waals surface area contributed by atoms with Gasteiger partial charge in [-0.05, 0) is 18.6 Å². The van der Waals surface area contributed by atoms with Crippen molar-refractivity contribution in [3.63, 3.8) is 0 Å². The molecule has 0 spiro atoms. The highest BCUT2D eigenvalue weighted by molar-refractivity contribution is 6.00. The smallest absolute Gasteiger partial charge is 0.340 e. The number of aromatic nitrogens is 3. The van der Waals surface area contributed by atoms with Crippen LogP contribution in [-0.4, -0.2) is 32.6 Å². The Kier molecular flexibility index (Phi) is 4.14. The predicted octanol–water partition coefficient (Wildman–Crippen LogP) is 1.20. The fraction of sp³-hybridized carbons (Fsp3) is 0.250. The average molecular weight is 279 g/mol. The van der Waals surface area contributed by atoms with E-state index < -0.39 is 11.8 Å². The molecule has 2 rings (SSSR count). The number of nitrogen functional groups attached to an aromatic ring is 1. The van der Waals surface area contributed by atoms with Gasteiger partial charge in [0.15, 0.2) is 0 Å². The molecule has 106 valence electrons. The van der Waals surface area contributed by atoms with Crippen LogP contribution in [0.15, 0.2) is 24.5 Å². The van der Waals surface area contributed by atoms with E-state index in [9.17, 15) is 9.18 Å². The largest absolute Gasteiger partial charge is 0.478 e. The maximum absolute atomic E-state index is 13.3. The molecule has 0 unspecified atom stereocenters. The molecule has 2 aromatic rings. The number of hydrogen-bond acceptors (Lipinski definition) is 5. The van der Waals surface area contributed by atoms with Gasteiger partial charge in [0.1, 0.15) is 11.4 Å². The predicted molar refractivity (Wildman–Crippen MR) is 70.9 cm³/mol. The van der Waals surface area contributed by atoms with Crippen molar-refractivity contribution in [2.24, 2.45) is 0 Å². The summed E-state index contributed by atoms with van der Waals surface area (Å²) in [5.41, 5.74) is 5.14. The highest BCUT2D eigenvalue weighted by Gasteiger charge is 2.17. The highest BCUT2D eigenvalue weighted by Crippen LogP contribution is 2.25. The van der Waals surface area contributed by atoms with Crippen molar-refractivity contribution in [3.8, 4) is 0 Å². The summed E-state index contributed by atoms with van der Waals surface area (Å²) in [6, 6.07) is 2.51. The van der Waals surface area contributed by atoms with Gasteiger partial charge in [0.2, 0.25) is 0 Å². The summed E-state index contributed by atoms with van der Waals surface area (Å²) in [7, 11) is 0. The van der Waals surface area contributed by atoms with Crippen LogP contribution in [0.2, 0.25) is 0 Å². The molecule has 8 heteroatoms. The normalized spacial score (nSPS) is 10.4. The fourth-order valence-corrected chi connectivity index (χ4v) is 1.79. The first-order chi connectivity index (χ1) is 9.59. The number of halogens is 1. The zero-order valence-corrected chi connectivity index (χ0v) is 10.6. The molecule has 0 atom stereocenters. The number of nitrogens with one attached hydrogen (secondary N) is 1. The quantitative estimate of drug-likeness (QED) is 0.542. The molecule has 0 fully saturated rings. The summed E-state index contributed by atoms with van der Waals surface area (Å²) in [6.45, 7) is 1.15. The van der Waals surface area contributed by atoms with Crippen molar-refractivity contribution in [2.75, 3.05) is 17.6 Å². The van der Waals surface area contributed by atoms with E-state index in [1.807, 2.05) is 0 Å². The van der Waals surface area contributed by atoms with Crippen molar-refractivity contribution in [1.29, 1.82) is 0 Å². The fourth-order valence-electron chi connectivity index (χ4n) is 1.79. The first-order valence-corrected chi connectivity index (χ1v) is 5.99. The molecule has 7 nitrogen and oxygen atoms in total. The molecule has 0 bridgehead atoms. The number of carbonyl (C=O) groups is 1. The molecule has 0 amide bonds. The topological polar surface area (TPSA) is 106 Å². The second kappa shape index (κ2) is 6.00. The third kappa shape index (κ3) is 3.02. The standard InChI is InChI=1S/C12H14FN5O2/c13-8-2-3-9(10(11(8)14)12(19)20)15-4-1-6-18-7-5-16-17-18/h2-3,5,7,15H,1,4,6,14H2,(H,19,20). The van der Waals surface area contributed by atoms with Crippen LogP contribution in [0.4, 0.5) is 15.8 Å². The lowest BCUT2D eigenvalue weighted by Crippen LogP contribution is -2.13. The second-order valence-electron chi connectivity index (χ2n) is 4.14. The van der Waals surface area contributed by atoms with Crippen LogP contribution in [0.1, 0.15) is 16.8 Å². The van der Waals surface area contributed by atoms with Gasteiger partial charge >= 0.3 is 5.97 Å². The number of nitrogens with two attached hydrogens (primary N) is 1. The van der Waals surface area contributed by atoms with Crippen molar-refractivity contribution >= 4 is 17.3 Å². The number of benzene rings is 1. The summed E-state index contributed by atoms with van der Waals surface area (Å²) >= 11 is 0. The van der Waals surface area contributed by atoms with Gasteiger partial charge in [-0.1, -0.05) is 5.21 Å². The average Bonchev–Trinajstić information content (AvgIpc) is 2.91. The third-order valence-electron chi connectivity index (χ3n) is 2.76. The first-order valence-electron chi connectivity index (χ1n) is 5.99. The Morgan fingerprint density at radius 1 is 1.50 bits per heavy atom. The van der Waals surface area contributed by atoms with Crippen LogP contribution in [0.5, 0.6) is 0 Å². The minimum absolute atomic E-state index is 0.245. The van der Waals surface area contributed by atoms with Crippen molar-refractivity contribution in [1.82, 2.24) is 15.0 Å². The van der Waals surface area contributed by atoms with Crippen LogP contribution in [0, 0.1) is 5.82 Å². The zero-order valence-electron chi connectivity index (χ0n) is 10.6. The number of rotatable bonds is 6. The number of aryl methyl sites for hydroxylation is 1. The molecule has 0 saturated carbocycles. The van der Waals surface area contributed by atoms with Crippen molar-refractivity contribution in [2.45, 2.75) is 13.0 Å². The van der Waals surface area contributed by atoms with Crippen LogP contribution in [0.3, 0.4) is 0 Å². The van der Waals surface area contributed by atoms with E-state index in [2.05, 4.69) is 15.6 Å². The Balaban J connectivity index is 1.99. The lowest BCUT2D eigenvalue weighted by atomic mass is 10.1. The van der Waals surface area contributed by atoms with Gasteiger partial charge in [0, 0.05) is 19.3 Å². The van der Waals surface area contributed by atoms with E-state index in [4.69, 9.17) is 10.8 Å². The molecule has 0 aliphatic carbocycles. The van der Waals surface area contributed by atoms with Crippen molar-refractivity contribution < 1.29 is 14.3 Å². The molecule has 4 N–H and O–H groups in total. The maximum atomic E-state index is 13.3. The van der Waals surface area contributed by atoms with Gasteiger partial charge in [-0.15, -0.1) is 5.10 Å². The van der Waals surface area contributed by atoms with E-state index in [0.717, 1.165) is 6.07 Å². The van der Waals surface area contributed by atoms with E-state index in [-0.39, 0.29) is 11.3 Å². The Morgan fingerprint density at radius 3 is 2.95 bits per heavy atom. The highest BCUT2D eigenvalue weighted by atomic mass is 19.1. The molecular weight excluding hydrogens is 265 g/mol. The molecule has 0 aliphatic heterocycles. The van der Waals surface area contributed by atoms with E-state index in [1.54, 1.807) is 17.1 Å². The lowest BCUT2D eigenvalue weighted by molar-refractivity contribution is 0.0698. The summed E-state index contributed by atoms with van der Waals surface area (Å²) in [6.07, 6.45) is 4.02. The molecule has 1 aromatic heterocycles. The minimum Gasteiger partial charge on any atom is -0.478 e. The van der Waals surface area contributed by atoms with Gasteiger partial charge in [0.05, 0.1) is 17.6 Å². The number of anilines is 2. The first kappa shape index (κ1) is 13.8. The van der Waals surface area contributed by atoms with E-state index >= 15 is 0 Å². The van der Waals surface area contributed by atoms with Crippen LogP contribution in [0.25, 0.3) is 0 Å². The third-order valence-corrected chi connectivity index (χ3v) is 2.76. The summed E-state index contributed by atoms with van der Waals surface area (Å²) < 4.78 is 14.9. The van der Waals surface area contributed by atoms with Gasteiger partial charge in [-0.25, -0.2) is 9.18 Å². The Bertz CT molecular complexity index is 600. The van der Waals surface area contributed by atoms with Gasteiger partial charge in [-0.3, -0.25) is 4.68 Å². The molecule has 0 radical (unpaired) electrons. The Morgan fingerprint density at radius 2 is 2.30 bits per heavy atom. The van der Waals surface area contributed by atoms with Crippen LogP contribution < -0.4 is 11.1 Å². The number of aromatic carboxylic acids is 1. The zero-order chi connectivity index (χ0) is 14.5. The monoisotopic (exact) mass is 279 g/mol. The molecular formula is C12H14FN5O2. The lowest BCUT2D eigenvalue weighted by Gasteiger charge is -2.12. The SMILES string of the molecule is Nc1c(F)ccc(NCCCn2ccnn2)c1C(=O)O. The summed E-state index contributed by atoms with van der Waals surface area (Å²) in [5.74, 6) is -2.00. The molecule has 1 heterocycles. The Hall–Kier alpha value is -2.64. The molecule has 0 saturated heterocycles. The summed E-state index contributed by atoms with van der Waals surface area (Å²) in [5, 5.41) is 19.5. The molecule has 20 heavy (non-hydrogen) atoms. The van der Waals surface area contributed by atoms with Gasteiger partial charge in [0.25, 0.3) is 0 Å². The maximum Gasteiger partial charge on any atom is 0.340 e. The Labute approximate surface area is 114 Å². The molecule has 1 aromatic carbocycles. The van der Waals surface area contributed by atoms with E-state index in [1.165, 1.54) is 6.07 Å². The van der Waals surface area contributed by atoms with Crippen LogP contribution >= 0.6 is 0 Å². The number of nitrogens with zero attached hydrogens (tertiary/aromatic N) is 3. The molecule has 0 aliphatic rings.